The quantitative estimate of drug-likeness (QED) is 0.754. The molecule has 6 nitrogen and oxygen atoms in total. The molecule has 1 amide bonds. The molecule has 2 heterocycles. The molecule has 0 radical (unpaired) electrons. The summed E-state index contributed by atoms with van der Waals surface area (Å²) >= 11 is 0. The van der Waals surface area contributed by atoms with Gasteiger partial charge < -0.3 is 14.4 Å². The van der Waals surface area contributed by atoms with Crippen molar-refractivity contribution in [1.82, 2.24) is 4.90 Å². The maximum Gasteiger partial charge on any atom is 0.309 e. The van der Waals surface area contributed by atoms with Crippen molar-refractivity contribution in [3.05, 3.63) is 23.8 Å². The van der Waals surface area contributed by atoms with E-state index in [-0.39, 0.29) is 17.8 Å². The number of fused-ring (bicyclic) bond motifs is 1. The van der Waals surface area contributed by atoms with E-state index < -0.39 is 0 Å². The Morgan fingerprint density at radius 1 is 1.19 bits per heavy atom. The summed E-state index contributed by atoms with van der Waals surface area (Å²) in [6.07, 6.45) is 3.47. The first-order valence-electron chi connectivity index (χ1n) is 9.48. The molecule has 3 rings (SSSR count). The number of anilines is 1. The van der Waals surface area contributed by atoms with E-state index in [9.17, 15) is 9.59 Å². The van der Waals surface area contributed by atoms with Crippen LogP contribution in [0.3, 0.4) is 0 Å². The molecule has 1 fully saturated rings. The van der Waals surface area contributed by atoms with E-state index in [1.54, 1.807) is 7.11 Å². The zero-order valence-corrected chi connectivity index (χ0v) is 15.7. The van der Waals surface area contributed by atoms with Gasteiger partial charge in [0.1, 0.15) is 5.75 Å². The molecule has 2 aliphatic rings. The Bertz CT molecular complexity index is 653. The minimum atomic E-state index is -0.0996. The van der Waals surface area contributed by atoms with Gasteiger partial charge in [0.25, 0.3) is 0 Å². The van der Waals surface area contributed by atoms with Crippen LogP contribution in [0.15, 0.2) is 18.2 Å². The average molecular weight is 360 g/mol. The molecule has 0 aromatic heterocycles. The Labute approximate surface area is 155 Å². The number of ether oxygens (including phenoxy) is 2. The molecule has 142 valence electrons. The molecular weight excluding hydrogens is 332 g/mol. The molecule has 1 aromatic carbocycles. The molecule has 0 atom stereocenters. The van der Waals surface area contributed by atoms with Crippen molar-refractivity contribution in [2.75, 3.05) is 44.8 Å². The van der Waals surface area contributed by atoms with E-state index >= 15 is 0 Å². The summed E-state index contributed by atoms with van der Waals surface area (Å²) in [6.45, 7) is 4.95. The first kappa shape index (κ1) is 18.7. The van der Waals surface area contributed by atoms with Crippen molar-refractivity contribution in [2.45, 2.75) is 32.6 Å². The minimum absolute atomic E-state index is 0.0236. The highest BCUT2D eigenvalue weighted by Gasteiger charge is 2.29. The average Bonchev–Trinajstić information content (AvgIpc) is 2.67. The number of piperidine rings is 1. The van der Waals surface area contributed by atoms with Crippen LogP contribution in [0.25, 0.3) is 0 Å². The molecule has 1 aromatic rings. The van der Waals surface area contributed by atoms with Gasteiger partial charge in [0.05, 0.1) is 26.2 Å². The molecule has 2 aliphatic heterocycles. The number of likely N-dealkylation sites (tertiary alicyclic amines) is 1. The summed E-state index contributed by atoms with van der Waals surface area (Å²) < 4.78 is 10.4. The predicted octanol–water partition coefficient (Wildman–Crippen LogP) is 2.25. The maximum atomic E-state index is 12.9. The highest BCUT2D eigenvalue weighted by Crippen LogP contribution is 2.30. The zero-order chi connectivity index (χ0) is 18.5. The van der Waals surface area contributed by atoms with Gasteiger partial charge in [-0.3, -0.25) is 14.5 Å². The van der Waals surface area contributed by atoms with Gasteiger partial charge in [0.2, 0.25) is 5.91 Å². The zero-order valence-electron chi connectivity index (χ0n) is 15.7. The van der Waals surface area contributed by atoms with Gasteiger partial charge in [-0.05, 0) is 69.5 Å². The summed E-state index contributed by atoms with van der Waals surface area (Å²) in [5, 5.41) is 0. The number of carbonyl (C=O) groups excluding carboxylic acids is 2. The van der Waals surface area contributed by atoms with Gasteiger partial charge in [-0.2, -0.15) is 0 Å². The Kier molecular flexibility index (Phi) is 6.14. The number of carbonyl (C=O) groups is 2. The van der Waals surface area contributed by atoms with Gasteiger partial charge in [-0.25, -0.2) is 0 Å². The highest BCUT2D eigenvalue weighted by molar-refractivity contribution is 5.96. The first-order chi connectivity index (χ1) is 12.6. The molecule has 0 saturated carbocycles. The molecule has 6 heteroatoms. The van der Waals surface area contributed by atoms with Gasteiger partial charge >= 0.3 is 5.97 Å². The van der Waals surface area contributed by atoms with E-state index in [2.05, 4.69) is 4.90 Å². The smallest absolute Gasteiger partial charge is 0.309 e. The predicted molar refractivity (Wildman–Crippen MR) is 99.5 cm³/mol. The Balaban J connectivity index is 1.58. The van der Waals surface area contributed by atoms with Crippen molar-refractivity contribution in [3.8, 4) is 5.75 Å². The second-order valence-corrected chi connectivity index (χ2v) is 6.95. The van der Waals surface area contributed by atoms with Crippen LogP contribution in [0.2, 0.25) is 0 Å². The number of benzene rings is 1. The lowest BCUT2D eigenvalue weighted by atomic mass is 9.97. The van der Waals surface area contributed by atoms with Crippen molar-refractivity contribution >= 4 is 17.6 Å². The fourth-order valence-electron chi connectivity index (χ4n) is 3.82. The Hall–Kier alpha value is -2.08. The van der Waals surface area contributed by atoms with Crippen LogP contribution < -0.4 is 9.64 Å². The van der Waals surface area contributed by atoms with Crippen LogP contribution in [-0.2, 0) is 20.7 Å². The molecule has 0 unspecified atom stereocenters. The summed E-state index contributed by atoms with van der Waals surface area (Å²) in [5.41, 5.74) is 2.17. The van der Waals surface area contributed by atoms with E-state index in [0.29, 0.717) is 13.2 Å². The number of nitrogens with zero attached hydrogens (tertiary/aromatic N) is 2. The lowest BCUT2D eigenvalue weighted by molar-refractivity contribution is -0.149. The molecular formula is C20H28N2O4. The topological polar surface area (TPSA) is 59.1 Å². The van der Waals surface area contributed by atoms with E-state index in [1.807, 2.05) is 30.0 Å². The second kappa shape index (κ2) is 8.54. The standard InChI is InChI=1S/C20H28N2O4/c1-3-26-20(24)15-8-11-21(12-9-15)14-19(23)22-10-4-5-16-13-17(25-2)6-7-18(16)22/h6-7,13,15H,3-5,8-12,14H2,1-2H3. The maximum absolute atomic E-state index is 12.9. The number of methoxy groups -OCH3 is 1. The fourth-order valence-corrected chi connectivity index (χ4v) is 3.82. The minimum Gasteiger partial charge on any atom is -0.497 e. The summed E-state index contributed by atoms with van der Waals surface area (Å²) in [7, 11) is 1.66. The van der Waals surface area contributed by atoms with Crippen LogP contribution >= 0.6 is 0 Å². The normalized spacial score (nSPS) is 18.3. The molecule has 0 aliphatic carbocycles. The van der Waals surface area contributed by atoms with E-state index in [0.717, 1.165) is 56.8 Å². The molecule has 26 heavy (non-hydrogen) atoms. The number of hydrogen-bond acceptors (Lipinski definition) is 5. The van der Waals surface area contributed by atoms with Gasteiger partial charge in [0, 0.05) is 12.2 Å². The first-order valence-corrected chi connectivity index (χ1v) is 9.48. The fraction of sp³-hybridized carbons (Fsp3) is 0.600. The molecule has 0 spiro atoms. The van der Waals surface area contributed by atoms with Crippen molar-refractivity contribution in [1.29, 1.82) is 0 Å². The van der Waals surface area contributed by atoms with Crippen LogP contribution in [0, 0.1) is 5.92 Å². The number of aryl methyl sites for hydroxylation is 1. The third kappa shape index (κ3) is 4.18. The van der Waals surface area contributed by atoms with Gasteiger partial charge in [0.15, 0.2) is 0 Å². The number of hydrogen-bond donors (Lipinski definition) is 0. The lowest BCUT2D eigenvalue weighted by Gasteiger charge is -2.34. The largest absolute Gasteiger partial charge is 0.497 e. The van der Waals surface area contributed by atoms with Gasteiger partial charge in [-0.15, -0.1) is 0 Å². The van der Waals surface area contributed by atoms with Crippen LogP contribution in [0.5, 0.6) is 5.75 Å². The van der Waals surface area contributed by atoms with E-state index in [4.69, 9.17) is 9.47 Å². The molecule has 0 bridgehead atoms. The summed E-state index contributed by atoms with van der Waals surface area (Å²) in [4.78, 5) is 28.7. The highest BCUT2D eigenvalue weighted by atomic mass is 16.5. The number of amides is 1. The number of rotatable bonds is 5. The second-order valence-electron chi connectivity index (χ2n) is 6.95. The van der Waals surface area contributed by atoms with Crippen LogP contribution in [0.4, 0.5) is 5.69 Å². The summed E-state index contributed by atoms with van der Waals surface area (Å²) in [5.74, 6) is 0.839. The van der Waals surface area contributed by atoms with Crippen molar-refractivity contribution in [3.63, 3.8) is 0 Å². The lowest BCUT2D eigenvalue weighted by Crippen LogP contribution is -2.45. The number of esters is 1. The van der Waals surface area contributed by atoms with Crippen LogP contribution in [-0.4, -0.2) is 56.7 Å². The Morgan fingerprint density at radius 3 is 2.65 bits per heavy atom. The van der Waals surface area contributed by atoms with Crippen molar-refractivity contribution < 1.29 is 19.1 Å². The Morgan fingerprint density at radius 2 is 1.96 bits per heavy atom. The summed E-state index contributed by atoms with van der Waals surface area (Å²) in [6, 6.07) is 5.92. The third-order valence-electron chi connectivity index (χ3n) is 5.27. The van der Waals surface area contributed by atoms with Gasteiger partial charge in [-0.1, -0.05) is 0 Å². The van der Waals surface area contributed by atoms with Crippen molar-refractivity contribution in [2.24, 2.45) is 5.92 Å². The molecule has 0 N–H and O–H groups in total. The monoisotopic (exact) mass is 360 g/mol. The molecule has 1 saturated heterocycles. The van der Waals surface area contributed by atoms with Crippen LogP contribution in [0.1, 0.15) is 31.7 Å². The SMILES string of the molecule is CCOC(=O)C1CCN(CC(=O)N2CCCc3cc(OC)ccc32)CC1. The third-order valence-corrected chi connectivity index (χ3v) is 5.27. The van der Waals surface area contributed by atoms with E-state index in [1.165, 1.54) is 5.56 Å².